The fourth-order valence-electron chi connectivity index (χ4n) is 2.15. The normalized spacial score (nSPS) is 11.1. The van der Waals surface area contributed by atoms with E-state index < -0.39 is 0 Å². The van der Waals surface area contributed by atoms with Gasteiger partial charge in [0.1, 0.15) is 5.84 Å². The van der Waals surface area contributed by atoms with Gasteiger partial charge < -0.3 is 10.6 Å². The summed E-state index contributed by atoms with van der Waals surface area (Å²) in [6.07, 6.45) is 0. The Balaban J connectivity index is 3.18. The van der Waals surface area contributed by atoms with E-state index in [2.05, 4.69) is 54.6 Å². The summed E-state index contributed by atoms with van der Waals surface area (Å²) < 4.78 is 1.02. The van der Waals surface area contributed by atoms with Crippen LogP contribution < -0.4 is 10.6 Å². The van der Waals surface area contributed by atoms with Crippen LogP contribution in [0.1, 0.15) is 33.3 Å². The van der Waals surface area contributed by atoms with Crippen LogP contribution in [0.15, 0.2) is 22.7 Å². The summed E-state index contributed by atoms with van der Waals surface area (Å²) in [4.78, 5) is 2.33. The van der Waals surface area contributed by atoms with E-state index in [1.54, 1.807) is 0 Å². The van der Waals surface area contributed by atoms with Crippen LogP contribution in [0.3, 0.4) is 0 Å². The maximum Gasteiger partial charge on any atom is 0.124 e. The molecule has 3 N–H and O–H groups in total. The van der Waals surface area contributed by atoms with E-state index in [0.29, 0.717) is 11.8 Å². The van der Waals surface area contributed by atoms with Crippen LogP contribution in [-0.2, 0) is 0 Å². The molecule has 0 aliphatic rings. The summed E-state index contributed by atoms with van der Waals surface area (Å²) in [6.45, 7) is 10.8. The van der Waals surface area contributed by atoms with Gasteiger partial charge in [-0.05, 0) is 30.0 Å². The van der Waals surface area contributed by atoms with Gasteiger partial charge in [0.2, 0.25) is 0 Å². The molecular weight excluding hydrogens is 302 g/mol. The number of nitrogen functional groups attached to an aromatic ring is 1. The largest absolute Gasteiger partial charge is 0.384 e. The SMILES string of the molecule is CC(C)CN(CC(C)C)c1cc(Br)ccc1C(=N)N. The average molecular weight is 326 g/mol. The highest BCUT2D eigenvalue weighted by Crippen LogP contribution is 2.26. The second-order valence-electron chi connectivity index (χ2n) is 5.77. The first-order chi connectivity index (χ1) is 8.81. The van der Waals surface area contributed by atoms with Crippen molar-refractivity contribution in [3.8, 4) is 0 Å². The minimum absolute atomic E-state index is 0.125. The van der Waals surface area contributed by atoms with Crippen molar-refractivity contribution >= 4 is 27.5 Å². The third-order valence-corrected chi connectivity index (χ3v) is 3.25. The molecule has 1 aromatic carbocycles. The summed E-state index contributed by atoms with van der Waals surface area (Å²) in [5, 5.41) is 7.74. The Morgan fingerprint density at radius 2 is 1.74 bits per heavy atom. The average Bonchev–Trinajstić information content (AvgIpc) is 2.26. The lowest BCUT2D eigenvalue weighted by Crippen LogP contribution is -2.33. The predicted octanol–water partition coefficient (Wildman–Crippen LogP) is 3.85. The minimum Gasteiger partial charge on any atom is -0.384 e. The number of anilines is 1. The van der Waals surface area contributed by atoms with Crippen molar-refractivity contribution < 1.29 is 0 Å². The molecule has 0 amide bonds. The van der Waals surface area contributed by atoms with Gasteiger partial charge in [-0.25, -0.2) is 0 Å². The van der Waals surface area contributed by atoms with Gasteiger partial charge in [-0.3, -0.25) is 5.41 Å². The van der Waals surface area contributed by atoms with Gasteiger partial charge in [-0.2, -0.15) is 0 Å². The molecule has 0 fully saturated rings. The third kappa shape index (κ3) is 4.86. The number of rotatable bonds is 6. The second kappa shape index (κ2) is 6.94. The fraction of sp³-hybridized carbons (Fsp3) is 0.533. The van der Waals surface area contributed by atoms with Crippen molar-refractivity contribution in [1.29, 1.82) is 5.41 Å². The molecule has 1 aromatic rings. The van der Waals surface area contributed by atoms with Crippen LogP contribution in [0.2, 0.25) is 0 Å². The minimum atomic E-state index is 0.125. The van der Waals surface area contributed by atoms with Crippen molar-refractivity contribution in [1.82, 2.24) is 0 Å². The molecule has 0 radical (unpaired) electrons. The molecule has 3 nitrogen and oxygen atoms in total. The zero-order chi connectivity index (χ0) is 14.6. The van der Waals surface area contributed by atoms with Crippen molar-refractivity contribution in [3.05, 3.63) is 28.2 Å². The number of halogens is 1. The van der Waals surface area contributed by atoms with E-state index in [4.69, 9.17) is 11.1 Å². The van der Waals surface area contributed by atoms with Gasteiger partial charge in [0.15, 0.2) is 0 Å². The Morgan fingerprint density at radius 3 is 2.16 bits per heavy atom. The molecular formula is C15H24BrN3. The third-order valence-electron chi connectivity index (χ3n) is 2.76. The van der Waals surface area contributed by atoms with Crippen molar-refractivity contribution in [2.45, 2.75) is 27.7 Å². The van der Waals surface area contributed by atoms with E-state index in [0.717, 1.165) is 28.8 Å². The highest BCUT2D eigenvalue weighted by atomic mass is 79.9. The van der Waals surface area contributed by atoms with Crippen molar-refractivity contribution in [3.63, 3.8) is 0 Å². The number of amidine groups is 1. The summed E-state index contributed by atoms with van der Waals surface area (Å²) in [5.41, 5.74) is 7.56. The molecule has 1 rings (SSSR count). The molecule has 4 heteroatoms. The van der Waals surface area contributed by atoms with Gasteiger partial charge in [0.05, 0.1) is 0 Å². The Bertz CT molecular complexity index is 431. The summed E-state index contributed by atoms with van der Waals surface area (Å²) in [5.74, 6) is 1.26. The molecule has 0 aromatic heterocycles. The van der Waals surface area contributed by atoms with Crippen LogP contribution in [0.5, 0.6) is 0 Å². The Hall–Kier alpha value is -1.03. The van der Waals surface area contributed by atoms with Gasteiger partial charge in [0, 0.05) is 28.8 Å². The van der Waals surface area contributed by atoms with E-state index in [9.17, 15) is 0 Å². The lowest BCUT2D eigenvalue weighted by molar-refractivity contribution is 0.552. The number of hydrogen-bond donors (Lipinski definition) is 2. The topological polar surface area (TPSA) is 53.1 Å². The molecule has 0 unspecified atom stereocenters. The first-order valence-corrected chi connectivity index (χ1v) is 7.49. The maximum absolute atomic E-state index is 7.74. The van der Waals surface area contributed by atoms with E-state index in [1.165, 1.54) is 0 Å². The van der Waals surface area contributed by atoms with Gasteiger partial charge >= 0.3 is 0 Å². The van der Waals surface area contributed by atoms with Crippen molar-refractivity contribution in [2.75, 3.05) is 18.0 Å². The van der Waals surface area contributed by atoms with Gasteiger partial charge in [0.25, 0.3) is 0 Å². The number of benzene rings is 1. The van der Waals surface area contributed by atoms with Gasteiger partial charge in [-0.15, -0.1) is 0 Å². The fourth-order valence-corrected chi connectivity index (χ4v) is 2.50. The summed E-state index contributed by atoms with van der Waals surface area (Å²) in [6, 6.07) is 5.90. The number of hydrogen-bond acceptors (Lipinski definition) is 2. The molecule has 0 aliphatic heterocycles. The molecule has 0 saturated heterocycles. The van der Waals surface area contributed by atoms with Crippen LogP contribution in [0.25, 0.3) is 0 Å². The Labute approximate surface area is 124 Å². The highest BCUT2D eigenvalue weighted by molar-refractivity contribution is 9.10. The maximum atomic E-state index is 7.74. The predicted molar refractivity (Wildman–Crippen MR) is 87.0 cm³/mol. The molecule has 0 heterocycles. The first kappa shape index (κ1) is 16.0. The zero-order valence-electron chi connectivity index (χ0n) is 12.2. The molecule has 19 heavy (non-hydrogen) atoms. The molecule has 106 valence electrons. The molecule has 0 saturated carbocycles. The van der Waals surface area contributed by atoms with Crippen LogP contribution in [0, 0.1) is 17.2 Å². The van der Waals surface area contributed by atoms with Crippen molar-refractivity contribution in [2.24, 2.45) is 17.6 Å². The number of nitrogens with zero attached hydrogens (tertiary/aromatic N) is 1. The smallest absolute Gasteiger partial charge is 0.124 e. The van der Waals surface area contributed by atoms with E-state index >= 15 is 0 Å². The molecule has 0 spiro atoms. The van der Waals surface area contributed by atoms with E-state index in [1.807, 2.05) is 12.1 Å². The molecule has 0 atom stereocenters. The van der Waals surface area contributed by atoms with Crippen LogP contribution in [-0.4, -0.2) is 18.9 Å². The monoisotopic (exact) mass is 325 g/mol. The molecule has 0 aliphatic carbocycles. The lowest BCUT2D eigenvalue weighted by Gasteiger charge is -2.30. The van der Waals surface area contributed by atoms with Gasteiger partial charge in [-0.1, -0.05) is 43.6 Å². The quantitative estimate of drug-likeness (QED) is 0.616. The zero-order valence-corrected chi connectivity index (χ0v) is 13.8. The van der Waals surface area contributed by atoms with E-state index in [-0.39, 0.29) is 5.84 Å². The standard InChI is InChI=1S/C15H24BrN3/c1-10(2)8-19(9-11(3)4)14-7-12(16)5-6-13(14)15(17)18/h5-7,10-11H,8-9H2,1-4H3,(H3,17,18). The first-order valence-electron chi connectivity index (χ1n) is 6.70. The summed E-state index contributed by atoms with van der Waals surface area (Å²) in [7, 11) is 0. The highest BCUT2D eigenvalue weighted by Gasteiger charge is 2.16. The Kier molecular flexibility index (Phi) is 5.85. The van der Waals surface area contributed by atoms with Crippen LogP contribution >= 0.6 is 15.9 Å². The molecule has 0 bridgehead atoms. The lowest BCUT2D eigenvalue weighted by atomic mass is 10.1. The second-order valence-corrected chi connectivity index (χ2v) is 6.68. The number of nitrogens with one attached hydrogen (secondary N) is 1. The summed E-state index contributed by atoms with van der Waals surface area (Å²) >= 11 is 3.51. The van der Waals surface area contributed by atoms with Crippen LogP contribution in [0.4, 0.5) is 5.69 Å². The number of nitrogens with two attached hydrogens (primary N) is 1. The Morgan fingerprint density at radius 1 is 1.21 bits per heavy atom.